The van der Waals surface area contributed by atoms with Gasteiger partial charge in [0.15, 0.2) is 6.61 Å². The quantitative estimate of drug-likeness (QED) is 0.354. The summed E-state index contributed by atoms with van der Waals surface area (Å²) < 4.78 is 9.72. The molecule has 0 saturated carbocycles. The summed E-state index contributed by atoms with van der Waals surface area (Å²) in [6, 6.07) is 12.4. The topological polar surface area (TPSA) is 108 Å². The SMILES string of the molecule is COC(=O)COc1cccc(NC(=O)/C=C/c2ccc([N+](=O)[O-])cc2)c1. The first-order valence-corrected chi connectivity index (χ1v) is 7.51. The van der Waals surface area contributed by atoms with E-state index in [-0.39, 0.29) is 18.2 Å². The summed E-state index contributed by atoms with van der Waals surface area (Å²) in [5.74, 6) is -0.480. The zero-order chi connectivity index (χ0) is 18.9. The molecule has 0 atom stereocenters. The Balaban J connectivity index is 1.94. The highest BCUT2D eigenvalue weighted by Crippen LogP contribution is 2.18. The Morgan fingerprint density at radius 2 is 1.92 bits per heavy atom. The molecule has 8 heteroatoms. The minimum absolute atomic E-state index is 0.0182. The maximum absolute atomic E-state index is 12.0. The van der Waals surface area contributed by atoms with Crippen molar-refractivity contribution < 1.29 is 24.0 Å². The van der Waals surface area contributed by atoms with E-state index in [2.05, 4.69) is 10.1 Å². The molecule has 0 fully saturated rings. The predicted molar refractivity (Wildman–Crippen MR) is 94.7 cm³/mol. The van der Waals surface area contributed by atoms with Crippen molar-refractivity contribution in [2.75, 3.05) is 19.0 Å². The van der Waals surface area contributed by atoms with Crippen molar-refractivity contribution in [3.63, 3.8) is 0 Å². The van der Waals surface area contributed by atoms with Crippen LogP contribution in [-0.2, 0) is 14.3 Å². The van der Waals surface area contributed by atoms with Crippen LogP contribution in [0, 0.1) is 10.1 Å². The Kier molecular flexibility index (Phi) is 6.44. The molecule has 0 aliphatic carbocycles. The molecule has 1 N–H and O–H groups in total. The number of ether oxygens (including phenoxy) is 2. The van der Waals surface area contributed by atoms with Crippen LogP contribution in [0.2, 0.25) is 0 Å². The molecule has 1 amide bonds. The van der Waals surface area contributed by atoms with Gasteiger partial charge in [0, 0.05) is 30.0 Å². The number of nitrogens with zero attached hydrogens (tertiary/aromatic N) is 1. The smallest absolute Gasteiger partial charge is 0.343 e. The highest BCUT2D eigenvalue weighted by Gasteiger charge is 2.05. The van der Waals surface area contributed by atoms with Gasteiger partial charge in [-0.05, 0) is 35.9 Å². The molecule has 2 aromatic carbocycles. The van der Waals surface area contributed by atoms with Crippen LogP contribution in [0.3, 0.4) is 0 Å². The number of carbonyl (C=O) groups is 2. The summed E-state index contributed by atoms with van der Waals surface area (Å²) >= 11 is 0. The molecule has 0 aliphatic rings. The molecule has 2 aromatic rings. The van der Waals surface area contributed by atoms with Gasteiger partial charge in [0.25, 0.3) is 5.69 Å². The summed E-state index contributed by atoms with van der Waals surface area (Å²) in [5.41, 5.74) is 1.13. The van der Waals surface area contributed by atoms with E-state index in [0.29, 0.717) is 17.0 Å². The van der Waals surface area contributed by atoms with Crippen LogP contribution in [0.1, 0.15) is 5.56 Å². The van der Waals surface area contributed by atoms with Crippen molar-refractivity contribution in [1.29, 1.82) is 0 Å². The second kappa shape index (κ2) is 8.97. The molecule has 0 aliphatic heterocycles. The van der Waals surface area contributed by atoms with Gasteiger partial charge in [0.2, 0.25) is 5.91 Å². The highest BCUT2D eigenvalue weighted by molar-refractivity contribution is 6.02. The van der Waals surface area contributed by atoms with E-state index in [0.717, 1.165) is 0 Å². The second-order valence-electron chi connectivity index (χ2n) is 5.06. The van der Waals surface area contributed by atoms with Crippen LogP contribution in [-0.4, -0.2) is 30.5 Å². The second-order valence-corrected chi connectivity index (χ2v) is 5.06. The first kappa shape index (κ1) is 18.7. The van der Waals surface area contributed by atoms with Gasteiger partial charge in [-0.25, -0.2) is 4.79 Å². The van der Waals surface area contributed by atoms with Gasteiger partial charge in [0.1, 0.15) is 5.75 Å². The Bertz CT molecular complexity index is 830. The fourth-order valence-corrected chi connectivity index (χ4v) is 1.93. The lowest BCUT2D eigenvalue weighted by atomic mass is 10.2. The lowest BCUT2D eigenvalue weighted by Crippen LogP contribution is -2.13. The maximum Gasteiger partial charge on any atom is 0.343 e. The van der Waals surface area contributed by atoms with Crippen LogP contribution < -0.4 is 10.1 Å². The lowest BCUT2D eigenvalue weighted by molar-refractivity contribution is -0.384. The number of methoxy groups -OCH3 is 1. The van der Waals surface area contributed by atoms with Gasteiger partial charge in [-0.1, -0.05) is 6.07 Å². The summed E-state index contributed by atoms with van der Waals surface area (Å²) in [4.78, 5) is 33.1. The maximum atomic E-state index is 12.0. The summed E-state index contributed by atoms with van der Waals surface area (Å²) in [6.45, 7) is -0.228. The Morgan fingerprint density at radius 3 is 2.58 bits per heavy atom. The third-order valence-electron chi connectivity index (χ3n) is 3.22. The summed E-state index contributed by atoms with van der Waals surface area (Å²) in [7, 11) is 1.26. The van der Waals surface area contributed by atoms with Crippen molar-refractivity contribution in [1.82, 2.24) is 0 Å². The fraction of sp³-hybridized carbons (Fsp3) is 0.111. The van der Waals surface area contributed by atoms with E-state index in [1.54, 1.807) is 36.4 Å². The number of esters is 1. The molecule has 0 radical (unpaired) electrons. The van der Waals surface area contributed by atoms with Crippen LogP contribution in [0.25, 0.3) is 6.08 Å². The summed E-state index contributed by atoms with van der Waals surface area (Å²) in [6.07, 6.45) is 2.85. The zero-order valence-corrected chi connectivity index (χ0v) is 13.9. The third kappa shape index (κ3) is 5.75. The first-order chi connectivity index (χ1) is 12.5. The highest BCUT2D eigenvalue weighted by atomic mass is 16.6. The van der Waals surface area contributed by atoms with Crippen LogP contribution in [0.5, 0.6) is 5.75 Å². The van der Waals surface area contributed by atoms with Gasteiger partial charge in [-0.3, -0.25) is 14.9 Å². The van der Waals surface area contributed by atoms with E-state index >= 15 is 0 Å². The molecule has 8 nitrogen and oxygen atoms in total. The molecular formula is C18H16N2O6. The number of benzene rings is 2. The first-order valence-electron chi connectivity index (χ1n) is 7.51. The number of nitro benzene ring substituents is 1. The molecule has 0 unspecified atom stereocenters. The number of nitro groups is 1. The number of anilines is 1. The largest absolute Gasteiger partial charge is 0.482 e. The average molecular weight is 356 g/mol. The van der Waals surface area contributed by atoms with E-state index in [9.17, 15) is 19.7 Å². The van der Waals surface area contributed by atoms with Crippen LogP contribution >= 0.6 is 0 Å². The fourth-order valence-electron chi connectivity index (χ4n) is 1.93. The van der Waals surface area contributed by atoms with Crippen molar-refractivity contribution >= 4 is 29.3 Å². The molecule has 2 rings (SSSR count). The van der Waals surface area contributed by atoms with Crippen molar-refractivity contribution in [3.05, 3.63) is 70.3 Å². The van der Waals surface area contributed by atoms with E-state index in [1.165, 1.54) is 31.4 Å². The Hall–Kier alpha value is -3.68. The van der Waals surface area contributed by atoms with Crippen LogP contribution in [0.15, 0.2) is 54.6 Å². The monoisotopic (exact) mass is 356 g/mol. The normalized spacial score (nSPS) is 10.3. The summed E-state index contributed by atoms with van der Waals surface area (Å²) in [5, 5.41) is 13.3. The van der Waals surface area contributed by atoms with Gasteiger partial charge < -0.3 is 14.8 Å². The molecule has 0 aromatic heterocycles. The standard InChI is InChI=1S/C18H16N2O6/c1-25-18(22)12-26-16-4-2-3-14(11-16)19-17(21)10-7-13-5-8-15(9-6-13)20(23)24/h2-11H,12H2,1H3,(H,19,21)/b10-7+. The molecule has 26 heavy (non-hydrogen) atoms. The molecule has 0 saturated heterocycles. The molecule has 0 bridgehead atoms. The average Bonchev–Trinajstić information content (AvgIpc) is 2.65. The number of amides is 1. The zero-order valence-electron chi connectivity index (χ0n) is 13.9. The van der Waals surface area contributed by atoms with E-state index in [4.69, 9.17) is 4.74 Å². The predicted octanol–water partition coefficient (Wildman–Crippen LogP) is 2.80. The third-order valence-corrected chi connectivity index (χ3v) is 3.22. The molecule has 0 spiro atoms. The van der Waals surface area contributed by atoms with Gasteiger partial charge in [-0.2, -0.15) is 0 Å². The molecule has 134 valence electrons. The van der Waals surface area contributed by atoms with E-state index < -0.39 is 10.9 Å². The van der Waals surface area contributed by atoms with Gasteiger partial charge in [0.05, 0.1) is 12.0 Å². The lowest BCUT2D eigenvalue weighted by Gasteiger charge is -2.07. The number of hydrogen-bond donors (Lipinski definition) is 1. The van der Waals surface area contributed by atoms with Crippen molar-refractivity contribution in [3.8, 4) is 5.75 Å². The molecular weight excluding hydrogens is 340 g/mol. The van der Waals surface area contributed by atoms with E-state index in [1.807, 2.05) is 0 Å². The number of carbonyl (C=O) groups excluding carboxylic acids is 2. The number of hydrogen-bond acceptors (Lipinski definition) is 6. The minimum Gasteiger partial charge on any atom is -0.482 e. The van der Waals surface area contributed by atoms with Gasteiger partial charge >= 0.3 is 5.97 Å². The number of nitrogens with one attached hydrogen (secondary N) is 1. The Labute approximate surface area is 149 Å². The number of non-ortho nitro benzene ring substituents is 1. The van der Waals surface area contributed by atoms with Crippen molar-refractivity contribution in [2.45, 2.75) is 0 Å². The molecule has 0 heterocycles. The Morgan fingerprint density at radius 1 is 1.19 bits per heavy atom. The van der Waals surface area contributed by atoms with Crippen molar-refractivity contribution in [2.24, 2.45) is 0 Å². The van der Waals surface area contributed by atoms with Gasteiger partial charge in [-0.15, -0.1) is 0 Å². The van der Waals surface area contributed by atoms with Crippen LogP contribution in [0.4, 0.5) is 11.4 Å². The minimum atomic E-state index is -0.509. The number of rotatable bonds is 7.